The molecule has 0 radical (unpaired) electrons. The van der Waals surface area contributed by atoms with Crippen LogP contribution in [0.1, 0.15) is 25.5 Å². The van der Waals surface area contributed by atoms with E-state index in [9.17, 15) is 8.78 Å². The number of hydrogen-bond acceptors (Lipinski definition) is 3. The van der Waals surface area contributed by atoms with E-state index in [0.717, 1.165) is 6.54 Å². The predicted octanol–water partition coefficient (Wildman–Crippen LogP) is 2.24. The summed E-state index contributed by atoms with van der Waals surface area (Å²) in [6.07, 6.45) is 0. The lowest BCUT2D eigenvalue weighted by molar-refractivity contribution is 0.126. The molecule has 2 atom stereocenters. The molecule has 0 spiro atoms. The second-order valence-electron chi connectivity index (χ2n) is 5.33. The lowest BCUT2D eigenvalue weighted by Crippen LogP contribution is -2.45. The van der Waals surface area contributed by atoms with Gasteiger partial charge < -0.3 is 10.6 Å². The van der Waals surface area contributed by atoms with Gasteiger partial charge in [0.15, 0.2) is 0 Å². The summed E-state index contributed by atoms with van der Waals surface area (Å²) in [6.45, 7) is 5.70. The van der Waals surface area contributed by atoms with Gasteiger partial charge in [-0.1, -0.05) is 13.0 Å². The Hall–Kier alpha value is -1.04. The fourth-order valence-electron chi connectivity index (χ4n) is 2.72. The quantitative estimate of drug-likeness (QED) is 0.834. The fourth-order valence-corrected chi connectivity index (χ4v) is 2.72. The molecule has 5 heteroatoms. The second kappa shape index (κ2) is 7.67. The van der Waals surface area contributed by atoms with Crippen molar-refractivity contribution < 1.29 is 8.78 Å². The van der Waals surface area contributed by atoms with Crippen LogP contribution in [-0.2, 0) is 0 Å². The number of hydrogen-bond donors (Lipinski definition) is 1. The number of halogens is 2. The molecule has 0 heterocycles. The van der Waals surface area contributed by atoms with Gasteiger partial charge in [-0.05, 0) is 39.7 Å². The zero-order valence-electron chi connectivity index (χ0n) is 12.7. The molecular weight excluding hydrogens is 260 g/mol. The van der Waals surface area contributed by atoms with Crippen LogP contribution in [0.15, 0.2) is 18.2 Å². The van der Waals surface area contributed by atoms with E-state index in [0.29, 0.717) is 6.54 Å². The first kappa shape index (κ1) is 17.0. The van der Waals surface area contributed by atoms with Crippen LogP contribution in [0, 0.1) is 11.6 Å². The third kappa shape index (κ3) is 3.98. The van der Waals surface area contributed by atoms with Gasteiger partial charge in [0.1, 0.15) is 11.6 Å². The maximum absolute atomic E-state index is 14.0. The average Bonchev–Trinajstić information content (AvgIpc) is 2.36. The summed E-state index contributed by atoms with van der Waals surface area (Å²) in [5, 5.41) is 0. The molecule has 1 aromatic rings. The summed E-state index contributed by atoms with van der Waals surface area (Å²) in [5.41, 5.74) is 5.87. The number of benzene rings is 1. The smallest absolute Gasteiger partial charge is 0.130 e. The third-order valence-corrected chi connectivity index (χ3v) is 3.52. The van der Waals surface area contributed by atoms with Crippen molar-refractivity contribution in [3.05, 3.63) is 35.4 Å². The molecular formula is C15H25F2N3. The minimum atomic E-state index is -0.532. The average molecular weight is 285 g/mol. The normalized spacial score (nSPS) is 14.8. The van der Waals surface area contributed by atoms with E-state index in [1.165, 1.54) is 18.2 Å². The molecule has 1 rings (SSSR count). The van der Waals surface area contributed by atoms with Crippen molar-refractivity contribution in [1.29, 1.82) is 0 Å². The minimum absolute atomic E-state index is 0.0717. The summed E-state index contributed by atoms with van der Waals surface area (Å²) >= 11 is 0. The predicted molar refractivity (Wildman–Crippen MR) is 78.5 cm³/mol. The second-order valence-corrected chi connectivity index (χ2v) is 5.33. The van der Waals surface area contributed by atoms with Crippen LogP contribution in [0.3, 0.4) is 0 Å². The van der Waals surface area contributed by atoms with Crippen molar-refractivity contribution in [2.75, 3.05) is 33.7 Å². The Morgan fingerprint density at radius 1 is 1.20 bits per heavy atom. The monoisotopic (exact) mass is 285 g/mol. The molecule has 1 aromatic carbocycles. The van der Waals surface area contributed by atoms with Crippen molar-refractivity contribution in [3.63, 3.8) is 0 Å². The molecule has 2 N–H and O–H groups in total. The molecule has 0 saturated heterocycles. The Kier molecular flexibility index (Phi) is 6.52. The van der Waals surface area contributed by atoms with Gasteiger partial charge in [-0.3, -0.25) is 4.90 Å². The van der Waals surface area contributed by atoms with E-state index >= 15 is 0 Å². The largest absolute Gasteiger partial charge is 0.329 e. The molecule has 0 aromatic heterocycles. The van der Waals surface area contributed by atoms with Crippen LogP contribution in [0.25, 0.3) is 0 Å². The van der Waals surface area contributed by atoms with Crippen molar-refractivity contribution >= 4 is 0 Å². The van der Waals surface area contributed by atoms with E-state index < -0.39 is 17.7 Å². The molecule has 114 valence electrons. The lowest BCUT2D eigenvalue weighted by atomic mass is 10.0. The highest BCUT2D eigenvalue weighted by Gasteiger charge is 2.27. The van der Waals surface area contributed by atoms with Crippen LogP contribution in [0.4, 0.5) is 8.78 Å². The summed E-state index contributed by atoms with van der Waals surface area (Å²) < 4.78 is 28.0. The fraction of sp³-hybridized carbons (Fsp3) is 0.600. The maximum atomic E-state index is 14.0. The van der Waals surface area contributed by atoms with Gasteiger partial charge in [0.05, 0.1) is 6.04 Å². The third-order valence-electron chi connectivity index (χ3n) is 3.52. The zero-order chi connectivity index (χ0) is 15.3. The summed E-state index contributed by atoms with van der Waals surface area (Å²) in [5.74, 6) is -1.06. The minimum Gasteiger partial charge on any atom is -0.329 e. The molecule has 0 aliphatic heterocycles. The molecule has 0 bridgehead atoms. The highest BCUT2D eigenvalue weighted by atomic mass is 19.1. The van der Waals surface area contributed by atoms with E-state index in [1.54, 1.807) is 0 Å². The summed E-state index contributed by atoms with van der Waals surface area (Å²) in [7, 11) is 3.96. The van der Waals surface area contributed by atoms with Gasteiger partial charge >= 0.3 is 0 Å². The standard InChI is InChI=1S/C15H25F2N3/c1-5-20(11(2)10-19(3)4)14(9-18)15-12(16)7-6-8-13(15)17/h6-8,11,14H,5,9-10,18H2,1-4H3. The highest BCUT2D eigenvalue weighted by molar-refractivity contribution is 5.24. The molecule has 0 fully saturated rings. The molecule has 2 unspecified atom stereocenters. The number of nitrogens with zero attached hydrogens (tertiary/aromatic N) is 2. The van der Waals surface area contributed by atoms with Crippen LogP contribution in [-0.4, -0.2) is 49.6 Å². The first-order valence-electron chi connectivity index (χ1n) is 6.96. The molecule has 0 saturated carbocycles. The Bertz CT molecular complexity index is 403. The Morgan fingerprint density at radius 3 is 2.15 bits per heavy atom. The van der Waals surface area contributed by atoms with Gasteiger partial charge in [0.2, 0.25) is 0 Å². The number of likely N-dealkylation sites (N-methyl/N-ethyl adjacent to an activating group) is 2. The summed E-state index contributed by atoms with van der Waals surface area (Å²) in [4.78, 5) is 4.10. The maximum Gasteiger partial charge on any atom is 0.130 e. The molecule has 0 amide bonds. The van der Waals surface area contributed by atoms with Crippen molar-refractivity contribution in [2.24, 2.45) is 5.73 Å². The van der Waals surface area contributed by atoms with Crippen molar-refractivity contribution in [1.82, 2.24) is 9.80 Å². The number of rotatable bonds is 7. The lowest BCUT2D eigenvalue weighted by Gasteiger charge is -2.36. The zero-order valence-corrected chi connectivity index (χ0v) is 12.7. The van der Waals surface area contributed by atoms with Crippen molar-refractivity contribution in [2.45, 2.75) is 25.9 Å². The molecule has 0 aliphatic rings. The van der Waals surface area contributed by atoms with Crippen LogP contribution in [0.5, 0.6) is 0 Å². The first-order valence-corrected chi connectivity index (χ1v) is 6.96. The molecule has 3 nitrogen and oxygen atoms in total. The molecule has 0 aliphatic carbocycles. The van der Waals surface area contributed by atoms with Gasteiger partial charge in [0, 0.05) is 24.7 Å². The SMILES string of the molecule is CCN(C(C)CN(C)C)C(CN)c1c(F)cccc1F. The Labute approximate surface area is 120 Å². The van der Waals surface area contributed by atoms with E-state index in [1.807, 2.05) is 32.8 Å². The highest BCUT2D eigenvalue weighted by Crippen LogP contribution is 2.27. The van der Waals surface area contributed by atoms with Crippen LogP contribution in [0.2, 0.25) is 0 Å². The van der Waals surface area contributed by atoms with Gasteiger partial charge in [-0.2, -0.15) is 0 Å². The number of nitrogens with two attached hydrogens (primary N) is 1. The van der Waals surface area contributed by atoms with E-state index in [2.05, 4.69) is 4.90 Å². The Balaban J connectivity index is 3.09. The van der Waals surface area contributed by atoms with Gasteiger partial charge in [-0.25, -0.2) is 8.78 Å². The van der Waals surface area contributed by atoms with Crippen molar-refractivity contribution in [3.8, 4) is 0 Å². The Morgan fingerprint density at radius 2 is 1.75 bits per heavy atom. The van der Waals surface area contributed by atoms with Gasteiger partial charge in [0.25, 0.3) is 0 Å². The van der Waals surface area contributed by atoms with E-state index in [4.69, 9.17) is 5.73 Å². The molecule has 20 heavy (non-hydrogen) atoms. The van der Waals surface area contributed by atoms with E-state index in [-0.39, 0.29) is 18.2 Å². The first-order chi connectivity index (χ1) is 9.42. The van der Waals surface area contributed by atoms with Gasteiger partial charge in [-0.15, -0.1) is 0 Å². The van der Waals surface area contributed by atoms with Crippen LogP contribution >= 0.6 is 0 Å². The summed E-state index contributed by atoms with van der Waals surface area (Å²) in [6, 6.07) is 3.65. The van der Waals surface area contributed by atoms with Crippen LogP contribution < -0.4 is 5.73 Å². The topological polar surface area (TPSA) is 32.5 Å².